The molecule has 1 aromatic carbocycles. The molecule has 1 saturated heterocycles. The smallest absolute Gasteiger partial charge is 0.310 e. The van der Waals surface area contributed by atoms with Gasteiger partial charge in [0, 0.05) is 17.9 Å². The fourth-order valence-electron chi connectivity index (χ4n) is 5.87. The van der Waals surface area contributed by atoms with Gasteiger partial charge in [-0.25, -0.2) is 0 Å². The predicted octanol–water partition coefficient (Wildman–Crippen LogP) is 3.02. The Hall–Kier alpha value is -3.19. The number of aliphatic hydroxyl groups is 1. The zero-order valence-corrected chi connectivity index (χ0v) is 20.4. The van der Waals surface area contributed by atoms with E-state index >= 15 is 0 Å². The van der Waals surface area contributed by atoms with Gasteiger partial charge in [-0.05, 0) is 54.5 Å². The summed E-state index contributed by atoms with van der Waals surface area (Å²) < 4.78 is 6.04. The summed E-state index contributed by atoms with van der Waals surface area (Å²) in [7, 11) is 0. The van der Waals surface area contributed by atoms with Crippen molar-refractivity contribution in [1.82, 2.24) is 5.32 Å². The van der Waals surface area contributed by atoms with E-state index in [1.165, 1.54) is 0 Å². The summed E-state index contributed by atoms with van der Waals surface area (Å²) in [5.74, 6) is -2.87. The van der Waals surface area contributed by atoms with Crippen LogP contribution in [-0.4, -0.2) is 45.6 Å². The van der Waals surface area contributed by atoms with Gasteiger partial charge in [0.05, 0.1) is 18.4 Å². The SMILES string of the molecule is C=C1[C@@H](C)[C@H]2[C@H](Cc3ccc(O)cc3)NC(=O)[C@]23OC(=O)C/C=C(\C)C(=O)[C@@H](C)C/C=C/[C@H]3[C@@H]1O. The fraction of sp³-hybridized carbons (Fsp3) is 0.464. The van der Waals surface area contributed by atoms with Crippen LogP contribution in [0.5, 0.6) is 5.75 Å². The molecule has 4 rings (SSSR count). The first-order valence-corrected chi connectivity index (χ1v) is 12.1. The topological polar surface area (TPSA) is 113 Å². The van der Waals surface area contributed by atoms with E-state index in [1.807, 2.05) is 13.8 Å². The number of hydrogen-bond donors (Lipinski definition) is 3. The van der Waals surface area contributed by atoms with E-state index in [2.05, 4.69) is 11.9 Å². The first-order valence-electron chi connectivity index (χ1n) is 12.1. The number of benzene rings is 1. The summed E-state index contributed by atoms with van der Waals surface area (Å²) in [6.07, 6.45) is 4.73. The van der Waals surface area contributed by atoms with Crippen LogP contribution in [-0.2, 0) is 25.5 Å². The van der Waals surface area contributed by atoms with Crippen molar-refractivity contribution in [1.29, 1.82) is 0 Å². The van der Waals surface area contributed by atoms with E-state index in [9.17, 15) is 24.6 Å². The van der Waals surface area contributed by atoms with Crippen molar-refractivity contribution in [3.8, 4) is 5.75 Å². The molecule has 2 aliphatic heterocycles. The molecule has 1 spiro atoms. The summed E-state index contributed by atoms with van der Waals surface area (Å²) in [6, 6.07) is 6.39. The second kappa shape index (κ2) is 9.46. The number of carbonyl (C=O) groups excluding carboxylic acids is 3. The van der Waals surface area contributed by atoms with Gasteiger partial charge in [-0.2, -0.15) is 0 Å². The lowest BCUT2D eigenvalue weighted by Crippen LogP contribution is -2.61. The molecule has 3 N–H and O–H groups in total. The number of hydrogen-bond acceptors (Lipinski definition) is 6. The Balaban J connectivity index is 1.79. The molecule has 3 aliphatic rings. The van der Waals surface area contributed by atoms with Gasteiger partial charge in [0.15, 0.2) is 5.78 Å². The van der Waals surface area contributed by atoms with Crippen LogP contribution in [0.25, 0.3) is 0 Å². The van der Waals surface area contributed by atoms with Gasteiger partial charge < -0.3 is 20.3 Å². The molecule has 1 saturated carbocycles. The van der Waals surface area contributed by atoms with Gasteiger partial charge in [-0.1, -0.05) is 50.8 Å². The highest BCUT2D eigenvalue weighted by Crippen LogP contribution is 2.52. The second-order valence-corrected chi connectivity index (χ2v) is 10.1. The van der Waals surface area contributed by atoms with Crippen LogP contribution < -0.4 is 5.32 Å². The van der Waals surface area contributed by atoms with Gasteiger partial charge in [-0.3, -0.25) is 14.4 Å². The minimum atomic E-state index is -1.61. The number of carbonyl (C=O) groups is 3. The number of nitrogens with one attached hydrogen (secondary N) is 1. The van der Waals surface area contributed by atoms with E-state index in [4.69, 9.17) is 4.74 Å². The lowest BCUT2D eigenvalue weighted by Gasteiger charge is -2.49. The highest BCUT2D eigenvalue weighted by Gasteiger charge is 2.67. The Morgan fingerprint density at radius 1 is 1.17 bits per heavy atom. The van der Waals surface area contributed by atoms with Crippen LogP contribution in [0.3, 0.4) is 0 Å². The minimum absolute atomic E-state index is 0.0505. The third-order valence-electron chi connectivity index (χ3n) is 7.86. The standard InChI is InChI=1S/C28H33NO6/c1-15-6-5-7-21-26(33)18(4)17(3)24-22(14-19-9-11-20(30)12-10-19)29-27(34)28(21,24)35-23(31)13-8-16(2)25(15)32/h5,7-12,15,17,21-22,24,26,30,33H,4,6,13-14H2,1-3H3,(H,29,34)/b7-5+,16-8+/t15-,17+,21-,22-,24-,26+,28+/m0/s1. The summed E-state index contributed by atoms with van der Waals surface area (Å²) in [5, 5.41) is 23.9. The molecule has 0 unspecified atom stereocenters. The van der Waals surface area contributed by atoms with E-state index in [-0.39, 0.29) is 35.8 Å². The van der Waals surface area contributed by atoms with Gasteiger partial charge in [-0.15, -0.1) is 0 Å². The average Bonchev–Trinajstić information content (AvgIpc) is 3.09. The summed E-state index contributed by atoms with van der Waals surface area (Å²) in [4.78, 5) is 39.3. The van der Waals surface area contributed by atoms with E-state index in [0.29, 0.717) is 24.0 Å². The Labute approximate surface area is 205 Å². The number of amides is 1. The van der Waals surface area contributed by atoms with Crippen molar-refractivity contribution < 1.29 is 29.3 Å². The fourth-order valence-corrected chi connectivity index (χ4v) is 5.87. The molecule has 1 aliphatic carbocycles. The van der Waals surface area contributed by atoms with Gasteiger partial charge in [0.1, 0.15) is 5.75 Å². The summed E-state index contributed by atoms with van der Waals surface area (Å²) >= 11 is 0. The highest BCUT2D eigenvalue weighted by molar-refractivity contribution is 5.97. The zero-order valence-electron chi connectivity index (χ0n) is 20.4. The molecule has 2 heterocycles. The van der Waals surface area contributed by atoms with E-state index < -0.39 is 35.4 Å². The van der Waals surface area contributed by atoms with Crippen molar-refractivity contribution in [2.75, 3.05) is 0 Å². The van der Waals surface area contributed by atoms with E-state index in [1.54, 1.807) is 49.4 Å². The Bertz CT molecular complexity index is 1100. The molecule has 186 valence electrons. The molecule has 7 nitrogen and oxygen atoms in total. The van der Waals surface area contributed by atoms with Crippen molar-refractivity contribution in [2.45, 2.75) is 57.8 Å². The van der Waals surface area contributed by atoms with Crippen LogP contribution in [0.4, 0.5) is 0 Å². The number of Topliss-reactive ketones (excluding diaryl/α,β-unsaturated/α-hetero) is 1. The Kier molecular flexibility index (Phi) is 6.73. The number of phenolic OH excluding ortho intramolecular Hbond substituents is 1. The highest BCUT2D eigenvalue weighted by atomic mass is 16.6. The molecule has 0 aromatic heterocycles. The Morgan fingerprint density at radius 2 is 1.86 bits per heavy atom. The second-order valence-electron chi connectivity index (χ2n) is 10.1. The number of ether oxygens (including phenoxy) is 1. The van der Waals surface area contributed by atoms with Crippen LogP contribution >= 0.6 is 0 Å². The van der Waals surface area contributed by atoms with Gasteiger partial charge in [0.2, 0.25) is 5.60 Å². The minimum Gasteiger partial charge on any atom is -0.508 e. The first-order chi connectivity index (χ1) is 16.6. The quantitative estimate of drug-likeness (QED) is 0.444. The van der Waals surface area contributed by atoms with Crippen molar-refractivity contribution in [3.05, 3.63) is 65.8 Å². The molecule has 7 heteroatoms. The van der Waals surface area contributed by atoms with Crippen molar-refractivity contribution in [2.24, 2.45) is 23.7 Å². The molecule has 35 heavy (non-hydrogen) atoms. The molecule has 2 fully saturated rings. The lowest BCUT2D eigenvalue weighted by molar-refractivity contribution is -0.185. The monoisotopic (exact) mass is 479 g/mol. The molecule has 1 aromatic rings. The normalized spacial score (nSPS) is 38.1. The maximum Gasteiger partial charge on any atom is 0.310 e. The number of esters is 1. The van der Waals surface area contributed by atoms with Crippen LogP contribution in [0, 0.1) is 23.7 Å². The van der Waals surface area contributed by atoms with Gasteiger partial charge >= 0.3 is 5.97 Å². The van der Waals surface area contributed by atoms with Crippen molar-refractivity contribution >= 4 is 17.7 Å². The number of aromatic hydroxyl groups is 1. The average molecular weight is 480 g/mol. The number of aliphatic hydroxyl groups excluding tert-OH is 1. The third kappa shape index (κ3) is 4.33. The summed E-state index contributed by atoms with van der Waals surface area (Å²) in [5.41, 5.74) is 0.367. The van der Waals surface area contributed by atoms with Gasteiger partial charge in [0.25, 0.3) is 5.91 Å². The molecule has 7 atom stereocenters. The molecule has 0 radical (unpaired) electrons. The number of rotatable bonds is 2. The van der Waals surface area contributed by atoms with Crippen LogP contribution in [0.2, 0.25) is 0 Å². The summed E-state index contributed by atoms with van der Waals surface area (Å²) in [6.45, 7) is 9.53. The van der Waals surface area contributed by atoms with E-state index in [0.717, 1.165) is 5.56 Å². The zero-order chi connectivity index (χ0) is 25.5. The number of ketones is 1. The van der Waals surface area contributed by atoms with Crippen molar-refractivity contribution in [3.63, 3.8) is 0 Å². The molecule has 1 amide bonds. The molecular weight excluding hydrogens is 446 g/mol. The molecule has 0 bridgehead atoms. The van der Waals surface area contributed by atoms with Crippen LogP contribution in [0.15, 0.2) is 60.2 Å². The maximum atomic E-state index is 13.7. The number of allylic oxidation sites excluding steroid dienone is 2. The molecular formula is C28H33NO6. The Morgan fingerprint density at radius 3 is 2.54 bits per heavy atom. The maximum absolute atomic E-state index is 13.7. The number of phenols is 1. The first kappa shape index (κ1) is 24.9. The predicted molar refractivity (Wildman–Crippen MR) is 130 cm³/mol. The third-order valence-corrected chi connectivity index (χ3v) is 7.86. The lowest BCUT2D eigenvalue weighted by atomic mass is 9.59. The largest absolute Gasteiger partial charge is 0.508 e. The van der Waals surface area contributed by atoms with Crippen LogP contribution in [0.1, 0.15) is 39.2 Å².